The molecule has 0 unspecified atom stereocenters. The van der Waals surface area contributed by atoms with Crippen LogP contribution in [0.25, 0.3) is 0 Å². The Morgan fingerprint density at radius 1 is 1.50 bits per heavy atom. The molecule has 1 atom stereocenters. The van der Waals surface area contributed by atoms with Crippen LogP contribution in [-0.4, -0.2) is 28.8 Å². The summed E-state index contributed by atoms with van der Waals surface area (Å²) < 4.78 is 0.318. The number of aliphatic hydroxyl groups excluding tert-OH is 1. The van der Waals surface area contributed by atoms with Gasteiger partial charge in [0.1, 0.15) is 0 Å². The number of aliphatic hydroxyl groups is 1. The van der Waals surface area contributed by atoms with Crippen LogP contribution in [0, 0.1) is 0 Å². The Morgan fingerprint density at radius 3 is 2.75 bits per heavy atom. The van der Waals surface area contributed by atoms with Gasteiger partial charge >= 0.3 is 0 Å². The predicted octanol–water partition coefficient (Wildman–Crippen LogP) is 2.90. The molecule has 92 valence electrons. The molecule has 0 fully saturated rings. The summed E-state index contributed by atoms with van der Waals surface area (Å²) in [7, 11) is 0. The van der Waals surface area contributed by atoms with Gasteiger partial charge in [0.05, 0.1) is 12.6 Å². The van der Waals surface area contributed by atoms with Gasteiger partial charge in [0.2, 0.25) is 0 Å². The molecule has 0 amide bonds. The third-order valence-electron chi connectivity index (χ3n) is 2.16. The average Bonchev–Trinajstić information content (AvgIpc) is 2.69. The first-order valence-electron chi connectivity index (χ1n) is 5.53. The maximum Gasteiger partial charge on any atom is 0.0626 e. The number of thiophene rings is 1. The maximum atomic E-state index is 9.29. The molecular weight excluding hydrogens is 238 g/mol. The fraction of sp³-hybridized carbons (Fsp3) is 0.667. The highest BCUT2D eigenvalue weighted by atomic mass is 32.2. The van der Waals surface area contributed by atoms with Crippen LogP contribution in [0.5, 0.6) is 0 Å². The molecule has 2 N–H and O–H groups in total. The van der Waals surface area contributed by atoms with E-state index in [4.69, 9.17) is 0 Å². The van der Waals surface area contributed by atoms with Crippen LogP contribution in [0.1, 0.15) is 32.4 Å². The van der Waals surface area contributed by atoms with Crippen LogP contribution in [0.15, 0.2) is 16.8 Å². The van der Waals surface area contributed by atoms with Gasteiger partial charge < -0.3 is 10.4 Å². The number of hydrogen-bond donors (Lipinski definition) is 2. The van der Waals surface area contributed by atoms with Crippen LogP contribution in [-0.2, 0) is 0 Å². The first-order chi connectivity index (χ1) is 7.53. The van der Waals surface area contributed by atoms with Crippen molar-refractivity contribution < 1.29 is 5.11 Å². The minimum absolute atomic E-state index is 0.0896. The smallest absolute Gasteiger partial charge is 0.0626 e. The molecular formula is C12H21NOS2. The topological polar surface area (TPSA) is 32.3 Å². The van der Waals surface area contributed by atoms with E-state index in [1.807, 2.05) is 17.1 Å². The van der Waals surface area contributed by atoms with E-state index in [-0.39, 0.29) is 12.6 Å². The van der Waals surface area contributed by atoms with E-state index >= 15 is 0 Å². The first-order valence-corrected chi connectivity index (χ1v) is 7.46. The van der Waals surface area contributed by atoms with E-state index < -0.39 is 0 Å². The molecule has 0 bridgehead atoms. The molecule has 2 nitrogen and oxygen atoms in total. The summed E-state index contributed by atoms with van der Waals surface area (Å²) in [6, 6.07) is 2.15. The highest BCUT2D eigenvalue weighted by molar-refractivity contribution is 8.00. The summed E-state index contributed by atoms with van der Waals surface area (Å²) in [4.78, 5) is 0. The van der Waals surface area contributed by atoms with E-state index in [1.165, 1.54) is 5.56 Å². The van der Waals surface area contributed by atoms with Crippen LogP contribution in [0.3, 0.4) is 0 Å². The summed E-state index contributed by atoms with van der Waals surface area (Å²) in [6.07, 6.45) is 0. The normalized spacial score (nSPS) is 14.0. The standard InChI is InChI=1S/C12H21NOS2/c1-12(2,3)16-7-5-13-11(8-14)10-4-6-15-9-10/h4,6,9,11,13-14H,5,7-8H2,1-3H3/t11-/m1/s1. The molecule has 0 aromatic carbocycles. The van der Waals surface area contributed by atoms with Gasteiger partial charge in [-0.15, -0.1) is 0 Å². The van der Waals surface area contributed by atoms with Crippen molar-refractivity contribution >= 4 is 23.1 Å². The summed E-state index contributed by atoms with van der Waals surface area (Å²) in [5.41, 5.74) is 1.19. The van der Waals surface area contributed by atoms with Crippen LogP contribution >= 0.6 is 23.1 Å². The summed E-state index contributed by atoms with van der Waals surface area (Å²) in [5, 5.41) is 16.8. The van der Waals surface area contributed by atoms with Gasteiger partial charge in [0, 0.05) is 17.0 Å². The van der Waals surface area contributed by atoms with Crippen molar-refractivity contribution in [1.82, 2.24) is 5.32 Å². The summed E-state index contributed by atoms with van der Waals surface area (Å²) in [6.45, 7) is 7.76. The highest BCUT2D eigenvalue weighted by Gasteiger charge is 2.12. The van der Waals surface area contributed by atoms with Gasteiger partial charge in [-0.05, 0) is 22.4 Å². The van der Waals surface area contributed by atoms with E-state index in [0.29, 0.717) is 4.75 Å². The Morgan fingerprint density at radius 2 is 2.25 bits per heavy atom. The molecule has 0 radical (unpaired) electrons. The zero-order chi connectivity index (χ0) is 12.0. The lowest BCUT2D eigenvalue weighted by Gasteiger charge is -2.19. The fourth-order valence-electron chi connectivity index (χ4n) is 1.35. The summed E-state index contributed by atoms with van der Waals surface area (Å²) in [5.74, 6) is 1.07. The fourth-order valence-corrected chi connectivity index (χ4v) is 2.90. The molecule has 1 heterocycles. The molecule has 16 heavy (non-hydrogen) atoms. The van der Waals surface area contributed by atoms with Gasteiger partial charge in [-0.3, -0.25) is 0 Å². The number of hydrogen-bond acceptors (Lipinski definition) is 4. The third kappa shape index (κ3) is 5.34. The Kier molecular flexibility index (Phi) is 5.83. The molecule has 1 rings (SSSR count). The lowest BCUT2D eigenvalue weighted by Crippen LogP contribution is -2.27. The minimum Gasteiger partial charge on any atom is -0.394 e. The minimum atomic E-state index is 0.0896. The quantitative estimate of drug-likeness (QED) is 0.771. The van der Waals surface area contributed by atoms with E-state index in [1.54, 1.807) is 11.3 Å². The van der Waals surface area contributed by atoms with Gasteiger partial charge in [-0.1, -0.05) is 20.8 Å². The number of rotatable bonds is 6. The molecule has 0 saturated carbocycles. The Bertz CT molecular complexity index is 280. The average molecular weight is 259 g/mol. The predicted molar refractivity (Wildman–Crippen MR) is 74.4 cm³/mol. The molecule has 0 aliphatic heterocycles. The maximum absolute atomic E-state index is 9.29. The SMILES string of the molecule is CC(C)(C)SCCN[C@H](CO)c1ccsc1. The monoisotopic (exact) mass is 259 g/mol. The van der Waals surface area contributed by atoms with Gasteiger partial charge in [0.15, 0.2) is 0 Å². The van der Waals surface area contributed by atoms with E-state index in [0.717, 1.165) is 12.3 Å². The highest BCUT2D eigenvalue weighted by Crippen LogP contribution is 2.22. The second kappa shape index (κ2) is 6.64. The van der Waals surface area contributed by atoms with Crippen LogP contribution in [0.4, 0.5) is 0 Å². The van der Waals surface area contributed by atoms with Crippen molar-refractivity contribution in [2.24, 2.45) is 0 Å². The Hall–Kier alpha value is -0.0300. The molecule has 0 spiro atoms. The van der Waals surface area contributed by atoms with Crippen molar-refractivity contribution in [2.75, 3.05) is 18.9 Å². The second-order valence-electron chi connectivity index (χ2n) is 4.71. The van der Waals surface area contributed by atoms with Gasteiger partial charge in [-0.2, -0.15) is 23.1 Å². The zero-order valence-electron chi connectivity index (χ0n) is 10.2. The summed E-state index contributed by atoms with van der Waals surface area (Å²) >= 11 is 3.61. The molecule has 0 saturated heterocycles. The van der Waals surface area contributed by atoms with Crippen molar-refractivity contribution in [3.05, 3.63) is 22.4 Å². The van der Waals surface area contributed by atoms with E-state index in [9.17, 15) is 5.11 Å². The van der Waals surface area contributed by atoms with Crippen LogP contribution in [0.2, 0.25) is 0 Å². The van der Waals surface area contributed by atoms with Crippen molar-refractivity contribution in [3.63, 3.8) is 0 Å². The largest absolute Gasteiger partial charge is 0.394 e. The second-order valence-corrected chi connectivity index (χ2v) is 7.41. The zero-order valence-corrected chi connectivity index (χ0v) is 11.8. The molecule has 0 aliphatic carbocycles. The molecule has 1 aromatic heterocycles. The molecule has 0 aliphatic rings. The number of thioether (sulfide) groups is 1. The van der Waals surface area contributed by atoms with Crippen molar-refractivity contribution in [1.29, 1.82) is 0 Å². The lowest BCUT2D eigenvalue weighted by molar-refractivity contribution is 0.247. The van der Waals surface area contributed by atoms with Gasteiger partial charge in [-0.25, -0.2) is 0 Å². The van der Waals surface area contributed by atoms with Gasteiger partial charge in [0.25, 0.3) is 0 Å². The van der Waals surface area contributed by atoms with E-state index in [2.05, 4.69) is 37.5 Å². The lowest BCUT2D eigenvalue weighted by atomic mass is 10.2. The Labute approximate surface area is 106 Å². The third-order valence-corrected chi connectivity index (χ3v) is 4.13. The van der Waals surface area contributed by atoms with Crippen molar-refractivity contribution in [2.45, 2.75) is 31.6 Å². The molecule has 1 aromatic rings. The number of nitrogens with one attached hydrogen (secondary N) is 1. The van der Waals surface area contributed by atoms with Crippen molar-refractivity contribution in [3.8, 4) is 0 Å². The first kappa shape index (κ1) is 14.0. The Balaban J connectivity index is 2.25. The van der Waals surface area contributed by atoms with Crippen LogP contribution < -0.4 is 5.32 Å². The molecule has 4 heteroatoms.